The van der Waals surface area contributed by atoms with Crippen molar-refractivity contribution < 1.29 is 4.79 Å². The minimum Gasteiger partial charge on any atom is -0.330 e. The van der Waals surface area contributed by atoms with Gasteiger partial charge in [0.25, 0.3) is 0 Å². The molecule has 0 amide bonds. The van der Waals surface area contributed by atoms with Crippen LogP contribution in [0.25, 0.3) is 0 Å². The van der Waals surface area contributed by atoms with E-state index in [0.717, 1.165) is 32.2 Å². The highest BCUT2D eigenvalue weighted by molar-refractivity contribution is 5.83. The zero-order valence-corrected chi connectivity index (χ0v) is 11.2. The Kier molecular flexibility index (Phi) is 4.54. The van der Waals surface area contributed by atoms with Gasteiger partial charge in [0.2, 0.25) is 0 Å². The standard InChI is InChI=1S/C16H23NO/c1-12-4-2-3-5-15(12)10-16(18)14-8-6-13(11-17)7-9-14/h2-5,13-14H,6-11,17H2,1H3. The highest BCUT2D eigenvalue weighted by atomic mass is 16.1. The molecule has 0 heterocycles. The van der Waals surface area contributed by atoms with Gasteiger partial charge in [-0.05, 0) is 56.2 Å². The summed E-state index contributed by atoms with van der Waals surface area (Å²) in [5.41, 5.74) is 8.09. The number of nitrogens with two attached hydrogens (primary N) is 1. The maximum absolute atomic E-state index is 12.3. The summed E-state index contributed by atoms with van der Waals surface area (Å²) in [5, 5.41) is 0. The third kappa shape index (κ3) is 3.20. The van der Waals surface area contributed by atoms with Crippen LogP contribution in [0.15, 0.2) is 24.3 Å². The molecule has 1 aliphatic rings. The van der Waals surface area contributed by atoms with Crippen LogP contribution >= 0.6 is 0 Å². The SMILES string of the molecule is Cc1ccccc1CC(=O)C1CCC(CN)CC1. The highest BCUT2D eigenvalue weighted by Crippen LogP contribution is 2.29. The van der Waals surface area contributed by atoms with Crippen molar-refractivity contribution in [3.8, 4) is 0 Å². The van der Waals surface area contributed by atoms with Crippen LogP contribution in [0.4, 0.5) is 0 Å². The Hall–Kier alpha value is -1.15. The third-order valence-corrected chi connectivity index (χ3v) is 4.26. The Morgan fingerprint density at radius 2 is 1.89 bits per heavy atom. The summed E-state index contributed by atoms with van der Waals surface area (Å²) in [6.07, 6.45) is 4.92. The zero-order valence-electron chi connectivity index (χ0n) is 11.2. The minimum atomic E-state index is 0.271. The number of carbonyl (C=O) groups is 1. The Morgan fingerprint density at radius 1 is 1.22 bits per heavy atom. The van der Waals surface area contributed by atoms with Crippen LogP contribution in [-0.2, 0) is 11.2 Å². The van der Waals surface area contributed by atoms with Crippen molar-refractivity contribution in [2.75, 3.05) is 6.54 Å². The van der Waals surface area contributed by atoms with Gasteiger partial charge in [-0.2, -0.15) is 0 Å². The molecule has 0 atom stereocenters. The van der Waals surface area contributed by atoms with Gasteiger partial charge in [-0.1, -0.05) is 24.3 Å². The fourth-order valence-electron chi connectivity index (χ4n) is 2.86. The van der Waals surface area contributed by atoms with Crippen LogP contribution in [0.3, 0.4) is 0 Å². The van der Waals surface area contributed by atoms with Gasteiger partial charge < -0.3 is 5.73 Å². The number of hydrogen-bond donors (Lipinski definition) is 1. The lowest BCUT2D eigenvalue weighted by Crippen LogP contribution is -2.26. The molecule has 0 bridgehead atoms. The molecule has 0 radical (unpaired) electrons. The number of carbonyl (C=O) groups excluding carboxylic acids is 1. The smallest absolute Gasteiger partial charge is 0.140 e. The molecule has 0 aromatic heterocycles. The molecular weight excluding hydrogens is 222 g/mol. The number of Topliss-reactive ketones (excluding diaryl/α,β-unsaturated/α-hetero) is 1. The summed E-state index contributed by atoms with van der Waals surface area (Å²) >= 11 is 0. The van der Waals surface area contributed by atoms with Crippen molar-refractivity contribution >= 4 is 5.78 Å². The van der Waals surface area contributed by atoms with Crippen LogP contribution in [0.5, 0.6) is 0 Å². The Bertz CT molecular complexity index is 405. The second-order valence-corrected chi connectivity index (χ2v) is 5.52. The van der Waals surface area contributed by atoms with Gasteiger partial charge in [-0.15, -0.1) is 0 Å². The van der Waals surface area contributed by atoms with Crippen molar-refractivity contribution in [3.63, 3.8) is 0 Å². The minimum absolute atomic E-state index is 0.271. The molecule has 98 valence electrons. The van der Waals surface area contributed by atoms with Gasteiger partial charge in [0.15, 0.2) is 0 Å². The second kappa shape index (κ2) is 6.14. The molecule has 2 rings (SSSR count). The molecule has 2 nitrogen and oxygen atoms in total. The third-order valence-electron chi connectivity index (χ3n) is 4.26. The van der Waals surface area contributed by atoms with E-state index in [2.05, 4.69) is 19.1 Å². The lowest BCUT2D eigenvalue weighted by molar-refractivity contribution is -0.123. The molecule has 0 spiro atoms. The van der Waals surface area contributed by atoms with Crippen molar-refractivity contribution in [3.05, 3.63) is 35.4 Å². The first-order valence-electron chi connectivity index (χ1n) is 6.98. The first-order chi connectivity index (χ1) is 8.70. The monoisotopic (exact) mass is 245 g/mol. The highest BCUT2D eigenvalue weighted by Gasteiger charge is 2.25. The van der Waals surface area contributed by atoms with Crippen LogP contribution < -0.4 is 5.73 Å². The van der Waals surface area contributed by atoms with Crippen LogP contribution in [-0.4, -0.2) is 12.3 Å². The number of aryl methyl sites for hydroxylation is 1. The lowest BCUT2D eigenvalue weighted by Gasteiger charge is -2.26. The number of hydrogen-bond acceptors (Lipinski definition) is 2. The lowest BCUT2D eigenvalue weighted by atomic mass is 9.79. The number of rotatable bonds is 4. The summed E-state index contributed by atoms with van der Waals surface area (Å²) in [6.45, 7) is 2.85. The van der Waals surface area contributed by atoms with E-state index in [-0.39, 0.29) is 5.92 Å². The maximum Gasteiger partial charge on any atom is 0.140 e. The predicted molar refractivity (Wildman–Crippen MR) is 74.4 cm³/mol. The van der Waals surface area contributed by atoms with Crippen molar-refractivity contribution in [1.29, 1.82) is 0 Å². The van der Waals surface area contributed by atoms with Gasteiger partial charge in [0, 0.05) is 12.3 Å². The summed E-state index contributed by atoms with van der Waals surface area (Å²) < 4.78 is 0. The van der Waals surface area contributed by atoms with Crippen molar-refractivity contribution in [2.24, 2.45) is 17.6 Å². The first kappa shape index (κ1) is 13.3. The Balaban J connectivity index is 1.91. The molecule has 2 heteroatoms. The normalized spacial score (nSPS) is 23.9. The summed E-state index contributed by atoms with van der Waals surface area (Å²) in [6, 6.07) is 8.18. The van der Waals surface area contributed by atoms with Crippen molar-refractivity contribution in [2.45, 2.75) is 39.0 Å². The topological polar surface area (TPSA) is 43.1 Å². The molecule has 1 fully saturated rings. The van der Waals surface area contributed by atoms with E-state index in [0.29, 0.717) is 18.1 Å². The van der Waals surface area contributed by atoms with Crippen LogP contribution in [0, 0.1) is 18.8 Å². The molecule has 1 aromatic rings. The molecule has 1 aromatic carbocycles. The number of ketones is 1. The maximum atomic E-state index is 12.3. The van der Waals surface area contributed by atoms with E-state index in [9.17, 15) is 4.79 Å². The molecule has 1 aliphatic carbocycles. The van der Waals surface area contributed by atoms with Gasteiger partial charge in [0.05, 0.1) is 0 Å². The summed E-state index contributed by atoms with van der Waals surface area (Å²) in [4.78, 5) is 12.3. The molecule has 0 aliphatic heterocycles. The van der Waals surface area contributed by atoms with Crippen molar-refractivity contribution in [1.82, 2.24) is 0 Å². The quantitative estimate of drug-likeness (QED) is 0.886. The van der Waals surface area contributed by atoms with Crippen LogP contribution in [0.2, 0.25) is 0 Å². The Morgan fingerprint density at radius 3 is 2.50 bits per heavy atom. The molecule has 2 N–H and O–H groups in total. The van der Waals surface area contributed by atoms with E-state index < -0.39 is 0 Å². The zero-order chi connectivity index (χ0) is 13.0. The Labute approximate surface area is 110 Å². The number of benzene rings is 1. The van der Waals surface area contributed by atoms with Gasteiger partial charge >= 0.3 is 0 Å². The molecule has 0 unspecified atom stereocenters. The molecule has 18 heavy (non-hydrogen) atoms. The van der Waals surface area contributed by atoms with E-state index >= 15 is 0 Å². The fourth-order valence-corrected chi connectivity index (χ4v) is 2.86. The van der Waals surface area contributed by atoms with E-state index in [1.807, 2.05) is 12.1 Å². The van der Waals surface area contributed by atoms with Gasteiger partial charge in [0.1, 0.15) is 5.78 Å². The first-order valence-corrected chi connectivity index (χ1v) is 6.98. The largest absolute Gasteiger partial charge is 0.330 e. The van der Waals surface area contributed by atoms with Crippen LogP contribution in [0.1, 0.15) is 36.8 Å². The molecule has 0 saturated heterocycles. The average Bonchev–Trinajstić information content (AvgIpc) is 2.41. The summed E-state index contributed by atoms with van der Waals surface area (Å²) in [7, 11) is 0. The summed E-state index contributed by atoms with van der Waals surface area (Å²) in [5.74, 6) is 1.33. The van der Waals surface area contributed by atoms with E-state index in [4.69, 9.17) is 5.73 Å². The predicted octanol–water partition coefficient (Wildman–Crippen LogP) is 2.87. The molecule has 1 saturated carbocycles. The van der Waals surface area contributed by atoms with Gasteiger partial charge in [-0.3, -0.25) is 4.79 Å². The van der Waals surface area contributed by atoms with E-state index in [1.54, 1.807) is 0 Å². The second-order valence-electron chi connectivity index (χ2n) is 5.52. The van der Waals surface area contributed by atoms with E-state index in [1.165, 1.54) is 11.1 Å². The fraction of sp³-hybridized carbons (Fsp3) is 0.562. The average molecular weight is 245 g/mol. The molecular formula is C16H23NO. The van der Waals surface area contributed by atoms with Gasteiger partial charge in [-0.25, -0.2) is 0 Å².